The van der Waals surface area contributed by atoms with Crippen molar-refractivity contribution in [3.8, 4) is 11.5 Å². The molecule has 6 heteroatoms. The molecule has 2 aromatic carbocycles. The van der Waals surface area contributed by atoms with Crippen LogP contribution in [-0.2, 0) is 11.3 Å². The molecule has 162 valence electrons. The van der Waals surface area contributed by atoms with Crippen LogP contribution in [0.4, 0.5) is 0 Å². The predicted molar refractivity (Wildman–Crippen MR) is 117 cm³/mol. The van der Waals surface area contributed by atoms with Gasteiger partial charge >= 0.3 is 5.97 Å². The van der Waals surface area contributed by atoms with Gasteiger partial charge in [-0.25, -0.2) is 4.79 Å². The van der Waals surface area contributed by atoms with E-state index in [1.54, 1.807) is 42.5 Å². The molecule has 0 bridgehead atoms. The number of methoxy groups -OCH3 is 1. The van der Waals surface area contributed by atoms with Gasteiger partial charge < -0.3 is 14.6 Å². The van der Waals surface area contributed by atoms with Crippen LogP contribution in [0.15, 0.2) is 42.2 Å². The summed E-state index contributed by atoms with van der Waals surface area (Å²) >= 11 is 0. The summed E-state index contributed by atoms with van der Waals surface area (Å²) in [6.07, 6.45) is 2.85. The van der Waals surface area contributed by atoms with Gasteiger partial charge in [0.1, 0.15) is 11.5 Å². The predicted octanol–water partition coefficient (Wildman–Crippen LogP) is 4.27. The van der Waals surface area contributed by atoms with Crippen molar-refractivity contribution in [3.63, 3.8) is 0 Å². The molecule has 2 atom stereocenters. The molecule has 2 heterocycles. The Kier molecular flexibility index (Phi) is 5.83. The molecule has 0 radical (unpaired) electrons. The molecule has 4 rings (SSSR count). The van der Waals surface area contributed by atoms with Crippen LogP contribution in [0.2, 0.25) is 0 Å². The number of ether oxygens (including phenoxy) is 2. The third-order valence-electron chi connectivity index (χ3n) is 5.87. The molecule has 0 amide bonds. The van der Waals surface area contributed by atoms with E-state index in [0.29, 0.717) is 40.8 Å². The normalized spacial score (nSPS) is 22.3. The van der Waals surface area contributed by atoms with E-state index < -0.39 is 5.97 Å². The summed E-state index contributed by atoms with van der Waals surface area (Å²) in [7, 11) is 1.33. The van der Waals surface area contributed by atoms with Gasteiger partial charge in [-0.3, -0.25) is 9.69 Å². The van der Waals surface area contributed by atoms with E-state index >= 15 is 0 Å². The Bertz CT molecular complexity index is 1030. The first kappa shape index (κ1) is 21.1. The molecule has 2 aliphatic rings. The summed E-state index contributed by atoms with van der Waals surface area (Å²) in [6.45, 7) is 6.93. The van der Waals surface area contributed by atoms with Crippen molar-refractivity contribution in [2.24, 2.45) is 11.8 Å². The molecule has 1 N–H and O–H groups in total. The Hall–Kier alpha value is -3.12. The standard InChI is InChI=1S/C25H27NO5/c1-15-10-16(2)13-26(12-15)14-20-21(27)9-8-19-23(28)22(31-24(19)20)11-17-4-6-18(7-5-17)25(29)30-3/h4-9,11,15-16,27H,10,12-14H2,1-3H3/b22-11-/t15-,16-/m0/s1. The lowest BCUT2D eigenvalue weighted by molar-refractivity contribution is 0.0600. The first-order chi connectivity index (χ1) is 14.9. The number of carbonyl (C=O) groups excluding carboxylic acids is 2. The van der Waals surface area contributed by atoms with Crippen LogP contribution in [0.25, 0.3) is 6.08 Å². The van der Waals surface area contributed by atoms with Crippen molar-refractivity contribution < 1.29 is 24.2 Å². The highest BCUT2D eigenvalue weighted by Gasteiger charge is 2.32. The van der Waals surface area contributed by atoms with Crippen molar-refractivity contribution in [2.75, 3.05) is 20.2 Å². The summed E-state index contributed by atoms with van der Waals surface area (Å²) in [5.74, 6) is 1.33. The number of hydrogen-bond acceptors (Lipinski definition) is 6. The van der Waals surface area contributed by atoms with E-state index in [4.69, 9.17) is 9.47 Å². The molecule has 0 saturated carbocycles. The second kappa shape index (κ2) is 8.55. The zero-order valence-corrected chi connectivity index (χ0v) is 18.1. The average Bonchev–Trinajstić information content (AvgIpc) is 3.05. The molecule has 2 aliphatic heterocycles. The van der Waals surface area contributed by atoms with Crippen molar-refractivity contribution >= 4 is 17.8 Å². The summed E-state index contributed by atoms with van der Waals surface area (Å²) in [6, 6.07) is 9.92. The van der Waals surface area contributed by atoms with E-state index in [0.717, 1.165) is 18.7 Å². The summed E-state index contributed by atoms with van der Waals surface area (Å²) < 4.78 is 10.7. The second-order valence-electron chi connectivity index (χ2n) is 8.63. The van der Waals surface area contributed by atoms with Crippen LogP contribution in [0.5, 0.6) is 11.5 Å². The van der Waals surface area contributed by atoms with E-state index in [2.05, 4.69) is 18.7 Å². The number of rotatable bonds is 4. The molecule has 6 nitrogen and oxygen atoms in total. The van der Waals surface area contributed by atoms with Crippen molar-refractivity contribution in [1.29, 1.82) is 0 Å². The number of likely N-dealkylation sites (tertiary alicyclic amines) is 1. The maximum absolute atomic E-state index is 12.9. The van der Waals surface area contributed by atoms with Crippen molar-refractivity contribution in [1.82, 2.24) is 4.90 Å². The Balaban J connectivity index is 1.59. The second-order valence-corrected chi connectivity index (χ2v) is 8.63. The van der Waals surface area contributed by atoms with Crippen LogP contribution in [0.3, 0.4) is 0 Å². The zero-order chi connectivity index (χ0) is 22.1. The van der Waals surface area contributed by atoms with Gasteiger partial charge in [0.15, 0.2) is 5.76 Å². The number of Topliss-reactive ketones (excluding diaryl/α,β-unsaturated/α-hetero) is 1. The third-order valence-corrected chi connectivity index (χ3v) is 5.87. The molecule has 0 unspecified atom stereocenters. The monoisotopic (exact) mass is 421 g/mol. The molecule has 2 aromatic rings. The number of piperidine rings is 1. The van der Waals surface area contributed by atoms with Gasteiger partial charge in [-0.2, -0.15) is 0 Å². The highest BCUT2D eigenvalue weighted by Crippen LogP contribution is 2.40. The van der Waals surface area contributed by atoms with E-state index in [-0.39, 0.29) is 17.3 Å². The first-order valence-electron chi connectivity index (χ1n) is 10.6. The summed E-state index contributed by atoms with van der Waals surface area (Å²) in [4.78, 5) is 26.8. The lowest BCUT2D eigenvalue weighted by Gasteiger charge is -2.35. The number of benzene rings is 2. The number of hydrogen-bond donors (Lipinski definition) is 1. The Labute approximate surface area is 182 Å². The number of aromatic hydroxyl groups is 1. The van der Waals surface area contributed by atoms with E-state index in [9.17, 15) is 14.7 Å². The lowest BCUT2D eigenvalue weighted by atomic mass is 9.91. The van der Waals surface area contributed by atoms with E-state index in [1.807, 2.05) is 0 Å². The van der Waals surface area contributed by atoms with Crippen molar-refractivity contribution in [2.45, 2.75) is 26.8 Å². The number of allylic oxidation sites excluding steroid dienone is 1. The fourth-order valence-corrected chi connectivity index (χ4v) is 4.58. The quantitative estimate of drug-likeness (QED) is 0.587. The van der Waals surface area contributed by atoms with Crippen LogP contribution < -0.4 is 4.74 Å². The van der Waals surface area contributed by atoms with E-state index in [1.165, 1.54) is 13.5 Å². The smallest absolute Gasteiger partial charge is 0.337 e. The number of nitrogens with zero attached hydrogens (tertiary/aromatic N) is 1. The largest absolute Gasteiger partial charge is 0.507 e. The highest BCUT2D eigenvalue weighted by molar-refractivity contribution is 6.15. The first-order valence-corrected chi connectivity index (χ1v) is 10.6. The number of fused-ring (bicyclic) bond motifs is 1. The van der Waals surface area contributed by atoms with Gasteiger partial charge in [0.2, 0.25) is 5.78 Å². The fourth-order valence-electron chi connectivity index (χ4n) is 4.58. The maximum Gasteiger partial charge on any atom is 0.337 e. The number of carbonyl (C=O) groups is 2. The Morgan fingerprint density at radius 2 is 1.84 bits per heavy atom. The minimum Gasteiger partial charge on any atom is -0.507 e. The van der Waals surface area contributed by atoms with Crippen LogP contribution >= 0.6 is 0 Å². The molecule has 0 spiro atoms. The highest BCUT2D eigenvalue weighted by atomic mass is 16.5. The van der Waals surface area contributed by atoms with Crippen LogP contribution in [0.1, 0.15) is 52.1 Å². The maximum atomic E-state index is 12.9. The van der Waals surface area contributed by atoms with Crippen LogP contribution in [0, 0.1) is 11.8 Å². The van der Waals surface area contributed by atoms with Gasteiger partial charge in [-0.1, -0.05) is 26.0 Å². The Morgan fingerprint density at radius 1 is 1.16 bits per heavy atom. The number of esters is 1. The third kappa shape index (κ3) is 4.35. The molecule has 0 aliphatic carbocycles. The fraction of sp³-hybridized carbons (Fsp3) is 0.360. The average molecular weight is 421 g/mol. The molecule has 31 heavy (non-hydrogen) atoms. The lowest BCUT2D eigenvalue weighted by Crippen LogP contribution is -2.38. The minimum atomic E-state index is -0.415. The van der Waals surface area contributed by atoms with Crippen LogP contribution in [-0.4, -0.2) is 42.0 Å². The zero-order valence-electron chi connectivity index (χ0n) is 18.1. The van der Waals surface area contributed by atoms with Crippen molar-refractivity contribution in [3.05, 3.63) is 64.4 Å². The number of phenols is 1. The molecular formula is C25H27NO5. The molecule has 1 fully saturated rings. The van der Waals surface area contributed by atoms with Gasteiger partial charge in [0, 0.05) is 19.6 Å². The number of phenolic OH excluding ortho intramolecular Hbond substituents is 1. The number of ketones is 1. The minimum absolute atomic E-state index is 0.140. The molecule has 0 aromatic heterocycles. The summed E-state index contributed by atoms with van der Waals surface area (Å²) in [5.41, 5.74) is 2.27. The van der Waals surface area contributed by atoms with Gasteiger partial charge in [0.25, 0.3) is 0 Å². The van der Waals surface area contributed by atoms with Gasteiger partial charge in [-0.15, -0.1) is 0 Å². The van der Waals surface area contributed by atoms with Gasteiger partial charge in [-0.05, 0) is 54.2 Å². The summed E-state index contributed by atoms with van der Waals surface area (Å²) in [5, 5.41) is 10.5. The molecule has 1 saturated heterocycles. The SMILES string of the molecule is COC(=O)c1ccc(/C=C2\Oc3c(ccc(O)c3CN3C[C@@H](C)C[C@H](C)C3)C2=O)cc1. The Morgan fingerprint density at radius 3 is 2.48 bits per heavy atom. The topological polar surface area (TPSA) is 76.1 Å². The molecular weight excluding hydrogens is 394 g/mol. The van der Waals surface area contributed by atoms with Gasteiger partial charge in [0.05, 0.1) is 23.8 Å².